The number of amides is 2. The Morgan fingerprint density at radius 3 is 2.48 bits per heavy atom. The van der Waals surface area contributed by atoms with Gasteiger partial charge in [-0.3, -0.25) is 9.59 Å². The van der Waals surface area contributed by atoms with Crippen LogP contribution in [0.3, 0.4) is 0 Å². The van der Waals surface area contributed by atoms with Crippen LogP contribution in [-0.2, 0) is 4.79 Å². The molecule has 0 aromatic heterocycles. The Kier molecular flexibility index (Phi) is 5.89. The van der Waals surface area contributed by atoms with Crippen molar-refractivity contribution in [3.05, 3.63) is 48.0 Å². The van der Waals surface area contributed by atoms with Crippen LogP contribution in [0, 0.1) is 0 Å². The number of ether oxygens (including phenoxy) is 2. The minimum absolute atomic E-state index is 0.115. The summed E-state index contributed by atoms with van der Waals surface area (Å²) in [4.78, 5) is 23.5. The molecule has 0 saturated carbocycles. The third kappa shape index (κ3) is 5.17. The molecule has 0 fully saturated rings. The van der Waals surface area contributed by atoms with Crippen LogP contribution in [-0.4, -0.2) is 25.5 Å². The summed E-state index contributed by atoms with van der Waals surface area (Å²) in [5.41, 5.74) is 0.937. The fraction of sp³-hybridized carbons (Fsp3) is 0.176. The number of hydrogen-bond acceptors (Lipinski definition) is 4. The van der Waals surface area contributed by atoms with Gasteiger partial charge < -0.3 is 20.1 Å². The van der Waals surface area contributed by atoms with E-state index >= 15 is 0 Å². The summed E-state index contributed by atoms with van der Waals surface area (Å²) in [5, 5.41) is 5.20. The van der Waals surface area contributed by atoms with E-state index in [9.17, 15) is 18.4 Å². The summed E-state index contributed by atoms with van der Waals surface area (Å²) in [6.07, 6.45) is 0. The van der Waals surface area contributed by atoms with Gasteiger partial charge >= 0.3 is 6.61 Å². The lowest BCUT2D eigenvalue weighted by molar-refractivity contribution is -0.114. The van der Waals surface area contributed by atoms with Gasteiger partial charge in [-0.15, -0.1) is 0 Å². The number of carbonyl (C=O) groups is 2. The molecule has 2 aromatic rings. The van der Waals surface area contributed by atoms with E-state index in [0.29, 0.717) is 17.1 Å². The van der Waals surface area contributed by atoms with Gasteiger partial charge in [-0.25, -0.2) is 0 Å². The lowest BCUT2D eigenvalue weighted by Gasteiger charge is -2.12. The topological polar surface area (TPSA) is 76.7 Å². The largest absolute Gasteiger partial charge is 0.495 e. The highest BCUT2D eigenvalue weighted by molar-refractivity contribution is 6.05. The van der Waals surface area contributed by atoms with Crippen molar-refractivity contribution in [3.63, 3.8) is 0 Å². The van der Waals surface area contributed by atoms with Crippen molar-refractivity contribution in [2.45, 2.75) is 13.5 Å². The van der Waals surface area contributed by atoms with Crippen molar-refractivity contribution in [1.29, 1.82) is 0 Å². The third-order valence-electron chi connectivity index (χ3n) is 3.09. The SMILES string of the molecule is COc1ccc(NC(=O)c2cccc(OC(F)F)c2)cc1NC(C)=O. The van der Waals surface area contributed by atoms with Gasteiger partial charge in [0.05, 0.1) is 12.8 Å². The first kappa shape index (κ1) is 18.2. The minimum atomic E-state index is -2.97. The van der Waals surface area contributed by atoms with Gasteiger partial charge in [0.25, 0.3) is 5.91 Å². The Labute approximate surface area is 142 Å². The Bertz CT molecular complexity index is 781. The van der Waals surface area contributed by atoms with Crippen LogP contribution in [0.25, 0.3) is 0 Å². The Morgan fingerprint density at radius 1 is 1.08 bits per heavy atom. The number of alkyl halides is 2. The van der Waals surface area contributed by atoms with E-state index in [0.717, 1.165) is 0 Å². The van der Waals surface area contributed by atoms with Gasteiger partial charge in [-0.05, 0) is 36.4 Å². The molecule has 0 bridgehead atoms. The number of nitrogens with one attached hydrogen (secondary N) is 2. The van der Waals surface area contributed by atoms with Crippen molar-refractivity contribution in [2.75, 3.05) is 17.7 Å². The number of hydrogen-bond donors (Lipinski definition) is 2. The zero-order chi connectivity index (χ0) is 18.4. The molecule has 2 aromatic carbocycles. The molecule has 132 valence electrons. The molecule has 0 saturated heterocycles. The maximum Gasteiger partial charge on any atom is 0.387 e. The van der Waals surface area contributed by atoms with Crippen LogP contribution in [0.2, 0.25) is 0 Å². The highest BCUT2D eigenvalue weighted by atomic mass is 19.3. The van der Waals surface area contributed by atoms with E-state index in [1.165, 1.54) is 44.4 Å². The number of methoxy groups -OCH3 is 1. The normalized spacial score (nSPS) is 10.3. The lowest BCUT2D eigenvalue weighted by atomic mass is 10.2. The maximum absolute atomic E-state index is 12.3. The predicted octanol–water partition coefficient (Wildman–Crippen LogP) is 3.51. The molecule has 25 heavy (non-hydrogen) atoms. The zero-order valence-electron chi connectivity index (χ0n) is 13.5. The van der Waals surface area contributed by atoms with Crippen LogP contribution in [0.4, 0.5) is 20.2 Å². The van der Waals surface area contributed by atoms with Gasteiger partial charge in [0, 0.05) is 18.2 Å². The number of halogens is 2. The van der Waals surface area contributed by atoms with E-state index in [1.54, 1.807) is 12.1 Å². The Hall–Kier alpha value is -3.16. The third-order valence-corrected chi connectivity index (χ3v) is 3.09. The summed E-state index contributed by atoms with van der Waals surface area (Å²) in [7, 11) is 1.45. The Balaban J connectivity index is 2.18. The second-order valence-electron chi connectivity index (χ2n) is 4.96. The minimum Gasteiger partial charge on any atom is -0.495 e. The van der Waals surface area contributed by atoms with Crippen LogP contribution < -0.4 is 20.1 Å². The first-order valence-corrected chi connectivity index (χ1v) is 7.21. The molecule has 0 radical (unpaired) electrons. The monoisotopic (exact) mass is 350 g/mol. The van der Waals surface area contributed by atoms with Gasteiger partial charge in [-0.1, -0.05) is 6.07 Å². The fourth-order valence-corrected chi connectivity index (χ4v) is 2.09. The molecule has 2 amide bonds. The second kappa shape index (κ2) is 8.09. The average molecular weight is 350 g/mol. The zero-order valence-corrected chi connectivity index (χ0v) is 13.5. The molecule has 0 aliphatic carbocycles. The van der Waals surface area contributed by atoms with Crippen LogP contribution in [0.5, 0.6) is 11.5 Å². The molecule has 0 aliphatic rings. The molecule has 8 heteroatoms. The quantitative estimate of drug-likeness (QED) is 0.836. The molecule has 0 aliphatic heterocycles. The fourth-order valence-electron chi connectivity index (χ4n) is 2.09. The summed E-state index contributed by atoms with van der Waals surface area (Å²) < 4.78 is 33.9. The first-order valence-electron chi connectivity index (χ1n) is 7.21. The van der Waals surface area contributed by atoms with E-state index < -0.39 is 12.5 Å². The van der Waals surface area contributed by atoms with E-state index in [-0.39, 0.29) is 17.2 Å². The van der Waals surface area contributed by atoms with Crippen LogP contribution >= 0.6 is 0 Å². The van der Waals surface area contributed by atoms with Crippen molar-refractivity contribution >= 4 is 23.2 Å². The standard InChI is InChI=1S/C17H16F2N2O4/c1-10(22)20-14-9-12(6-7-15(14)24-2)21-16(23)11-4-3-5-13(8-11)25-17(18)19/h3-9,17H,1-2H3,(H,20,22)(H,21,23). The molecule has 6 nitrogen and oxygen atoms in total. The van der Waals surface area contributed by atoms with Crippen LogP contribution in [0.15, 0.2) is 42.5 Å². The molecule has 2 N–H and O–H groups in total. The van der Waals surface area contributed by atoms with Gasteiger partial charge in [0.2, 0.25) is 5.91 Å². The van der Waals surface area contributed by atoms with Crippen molar-refractivity contribution in [3.8, 4) is 11.5 Å². The Morgan fingerprint density at radius 2 is 1.84 bits per heavy atom. The van der Waals surface area contributed by atoms with Crippen molar-refractivity contribution in [1.82, 2.24) is 0 Å². The summed E-state index contributed by atoms with van der Waals surface area (Å²) >= 11 is 0. The molecular weight excluding hydrogens is 334 g/mol. The van der Waals surface area contributed by atoms with Gasteiger partial charge in [0.15, 0.2) is 0 Å². The molecule has 0 atom stereocenters. The molecule has 2 rings (SSSR count). The highest BCUT2D eigenvalue weighted by Gasteiger charge is 2.12. The van der Waals surface area contributed by atoms with Crippen LogP contribution in [0.1, 0.15) is 17.3 Å². The summed E-state index contributed by atoms with van der Waals surface area (Å²) in [5.74, 6) is -0.492. The predicted molar refractivity (Wildman–Crippen MR) is 88.3 cm³/mol. The maximum atomic E-state index is 12.3. The molecule has 0 heterocycles. The number of rotatable bonds is 6. The average Bonchev–Trinajstić information content (AvgIpc) is 2.54. The van der Waals surface area contributed by atoms with Gasteiger partial charge in [-0.2, -0.15) is 8.78 Å². The smallest absolute Gasteiger partial charge is 0.387 e. The lowest BCUT2D eigenvalue weighted by Crippen LogP contribution is -2.13. The second-order valence-corrected chi connectivity index (χ2v) is 4.96. The van der Waals surface area contributed by atoms with Gasteiger partial charge in [0.1, 0.15) is 11.5 Å². The highest BCUT2D eigenvalue weighted by Crippen LogP contribution is 2.28. The summed E-state index contributed by atoms with van der Waals surface area (Å²) in [6, 6.07) is 10.1. The number of anilines is 2. The molecule has 0 unspecified atom stereocenters. The first-order chi connectivity index (χ1) is 11.9. The molecular formula is C17H16F2N2O4. The van der Waals surface area contributed by atoms with Crippen molar-refractivity contribution < 1.29 is 27.8 Å². The number of benzene rings is 2. The summed E-state index contributed by atoms with van der Waals surface area (Å²) in [6.45, 7) is -1.63. The molecule has 0 spiro atoms. The van der Waals surface area contributed by atoms with E-state index in [2.05, 4.69) is 15.4 Å². The van der Waals surface area contributed by atoms with E-state index in [1.807, 2.05) is 0 Å². The van der Waals surface area contributed by atoms with Crippen molar-refractivity contribution in [2.24, 2.45) is 0 Å². The number of carbonyl (C=O) groups excluding carboxylic acids is 2. The van der Waals surface area contributed by atoms with E-state index in [4.69, 9.17) is 4.74 Å².